The van der Waals surface area contributed by atoms with Gasteiger partial charge in [0.25, 0.3) is 0 Å². The molecule has 126 valence electrons. The van der Waals surface area contributed by atoms with Gasteiger partial charge in [-0.1, -0.05) is 30.4 Å². The molecular formula is C20H25N3O. The number of benzene rings is 2. The van der Waals surface area contributed by atoms with Gasteiger partial charge in [-0.25, -0.2) is 4.99 Å². The fourth-order valence-electron chi connectivity index (χ4n) is 2.92. The quantitative estimate of drug-likeness (QED) is 0.502. The van der Waals surface area contributed by atoms with Gasteiger partial charge in [0, 0.05) is 12.6 Å². The summed E-state index contributed by atoms with van der Waals surface area (Å²) in [5.41, 5.74) is 1.20. The van der Waals surface area contributed by atoms with Gasteiger partial charge >= 0.3 is 0 Å². The number of methoxy groups -OCH3 is 1. The van der Waals surface area contributed by atoms with Crippen LogP contribution in [0.15, 0.2) is 53.5 Å². The van der Waals surface area contributed by atoms with Crippen LogP contribution in [0.1, 0.15) is 25.3 Å². The number of aliphatic imine (C=N–C) groups is 1. The first-order valence-electron chi connectivity index (χ1n) is 8.55. The molecule has 2 aromatic carbocycles. The third kappa shape index (κ3) is 4.07. The molecule has 1 aliphatic rings. The Kier molecular flexibility index (Phi) is 5.36. The molecule has 0 radical (unpaired) electrons. The molecular weight excluding hydrogens is 298 g/mol. The van der Waals surface area contributed by atoms with Crippen molar-refractivity contribution in [3.05, 3.63) is 54.1 Å². The van der Waals surface area contributed by atoms with E-state index in [-0.39, 0.29) is 0 Å². The van der Waals surface area contributed by atoms with E-state index in [1.54, 1.807) is 7.11 Å². The van der Waals surface area contributed by atoms with Gasteiger partial charge in [-0.3, -0.25) is 0 Å². The maximum absolute atomic E-state index is 5.28. The number of nitrogens with one attached hydrogen (secondary N) is 2. The minimum absolute atomic E-state index is 0.465. The second kappa shape index (κ2) is 7.86. The van der Waals surface area contributed by atoms with Gasteiger partial charge in [0.1, 0.15) is 5.75 Å². The molecule has 0 aliphatic heterocycles. The van der Waals surface area contributed by atoms with Crippen molar-refractivity contribution >= 4 is 16.7 Å². The smallest absolute Gasteiger partial charge is 0.191 e. The lowest BCUT2D eigenvalue weighted by Gasteiger charge is -2.16. The highest BCUT2D eigenvalue weighted by Gasteiger charge is 2.11. The minimum atomic E-state index is 0.465. The standard InChI is InChI=1S/C20H25N3O/c1-3-21-20(23-18-6-4-5-7-18)22-14-15-8-9-17-13-19(24-2)11-10-16(17)12-15/h4-5,8-13,18H,3,6-7,14H2,1-2H3,(H2,21,22,23). The van der Waals surface area contributed by atoms with E-state index >= 15 is 0 Å². The van der Waals surface area contributed by atoms with Gasteiger partial charge in [-0.2, -0.15) is 0 Å². The molecule has 24 heavy (non-hydrogen) atoms. The zero-order valence-electron chi connectivity index (χ0n) is 14.4. The molecule has 4 heteroatoms. The molecule has 0 spiro atoms. The minimum Gasteiger partial charge on any atom is -0.497 e. The van der Waals surface area contributed by atoms with Crippen molar-refractivity contribution in [2.24, 2.45) is 4.99 Å². The Bertz CT molecular complexity index is 744. The van der Waals surface area contributed by atoms with Gasteiger partial charge in [-0.15, -0.1) is 0 Å². The fourth-order valence-corrected chi connectivity index (χ4v) is 2.92. The van der Waals surface area contributed by atoms with Crippen molar-refractivity contribution in [1.29, 1.82) is 0 Å². The third-order valence-corrected chi connectivity index (χ3v) is 4.22. The first kappa shape index (κ1) is 16.4. The predicted molar refractivity (Wildman–Crippen MR) is 101 cm³/mol. The van der Waals surface area contributed by atoms with Crippen LogP contribution in [0.5, 0.6) is 5.75 Å². The van der Waals surface area contributed by atoms with E-state index in [1.165, 1.54) is 16.3 Å². The number of guanidine groups is 1. The average Bonchev–Trinajstić information content (AvgIpc) is 3.12. The second-order valence-corrected chi connectivity index (χ2v) is 6.03. The van der Waals surface area contributed by atoms with Crippen molar-refractivity contribution in [2.75, 3.05) is 13.7 Å². The summed E-state index contributed by atoms with van der Waals surface area (Å²) in [6, 6.07) is 13.1. The maximum atomic E-state index is 5.28. The highest BCUT2D eigenvalue weighted by Crippen LogP contribution is 2.22. The Labute approximate surface area is 143 Å². The lowest BCUT2D eigenvalue weighted by molar-refractivity contribution is 0.415. The summed E-state index contributed by atoms with van der Waals surface area (Å²) >= 11 is 0. The van der Waals surface area contributed by atoms with Crippen molar-refractivity contribution < 1.29 is 4.74 Å². The largest absolute Gasteiger partial charge is 0.497 e. The molecule has 2 N–H and O–H groups in total. The average molecular weight is 323 g/mol. The molecule has 3 rings (SSSR count). The van der Waals surface area contributed by atoms with Crippen LogP contribution >= 0.6 is 0 Å². The van der Waals surface area contributed by atoms with Crippen LogP contribution in [-0.2, 0) is 6.54 Å². The number of ether oxygens (including phenoxy) is 1. The third-order valence-electron chi connectivity index (χ3n) is 4.22. The summed E-state index contributed by atoms with van der Waals surface area (Å²) in [6.07, 6.45) is 6.59. The van der Waals surface area contributed by atoms with Crippen molar-refractivity contribution in [1.82, 2.24) is 10.6 Å². The SMILES string of the molecule is CCNC(=NCc1ccc2cc(OC)ccc2c1)NC1CC=CC1. The van der Waals surface area contributed by atoms with Crippen molar-refractivity contribution in [3.63, 3.8) is 0 Å². The van der Waals surface area contributed by atoms with Crippen molar-refractivity contribution in [3.8, 4) is 5.75 Å². The van der Waals surface area contributed by atoms with E-state index in [1.807, 2.05) is 6.07 Å². The number of rotatable bonds is 5. The zero-order chi connectivity index (χ0) is 16.8. The first-order chi connectivity index (χ1) is 11.8. The molecule has 0 saturated heterocycles. The van der Waals surface area contributed by atoms with E-state index in [2.05, 4.69) is 60.0 Å². The predicted octanol–water partition coefficient (Wildman–Crippen LogP) is 3.62. The van der Waals surface area contributed by atoms with Gasteiger partial charge < -0.3 is 15.4 Å². The lowest BCUT2D eigenvalue weighted by atomic mass is 10.1. The topological polar surface area (TPSA) is 45.7 Å². The Hall–Kier alpha value is -2.49. The van der Waals surface area contributed by atoms with Crippen LogP contribution in [0.3, 0.4) is 0 Å². The van der Waals surface area contributed by atoms with Gasteiger partial charge in [0.05, 0.1) is 13.7 Å². The zero-order valence-corrected chi connectivity index (χ0v) is 14.4. The van der Waals surface area contributed by atoms with Crippen LogP contribution < -0.4 is 15.4 Å². The molecule has 1 aliphatic carbocycles. The second-order valence-electron chi connectivity index (χ2n) is 6.03. The molecule has 0 amide bonds. The van der Waals surface area contributed by atoms with Gasteiger partial charge in [0.15, 0.2) is 5.96 Å². The number of fused-ring (bicyclic) bond motifs is 1. The molecule has 2 aromatic rings. The maximum Gasteiger partial charge on any atom is 0.191 e. The lowest BCUT2D eigenvalue weighted by Crippen LogP contribution is -2.42. The van der Waals surface area contributed by atoms with Crippen LogP contribution in [-0.4, -0.2) is 25.7 Å². The summed E-state index contributed by atoms with van der Waals surface area (Å²) < 4.78 is 5.28. The summed E-state index contributed by atoms with van der Waals surface area (Å²) in [4.78, 5) is 4.73. The van der Waals surface area contributed by atoms with Crippen LogP contribution in [0, 0.1) is 0 Å². The Morgan fingerprint density at radius 2 is 1.88 bits per heavy atom. The van der Waals surface area contributed by atoms with Crippen LogP contribution in [0.25, 0.3) is 10.8 Å². The van der Waals surface area contributed by atoms with E-state index in [0.717, 1.165) is 31.1 Å². The number of nitrogens with zero attached hydrogens (tertiary/aromatic N) is 1. The molecule has 0 atom stereocenters. The van der Waals surface area contributed by atoms with Gasteiger partial charge in [0.2, 0.25) is 0 Å². The van der Waals surface area contributed by atoms with Gasteiger partial charge in [-0.05, 0) is 54.3 Å². The normalized spacial score (nSPS) is 15.0. The Morgan fingerprint density at radius 1 is 1.12 bits per heavy atom. The van der Waals surface area contributed by atoms with Crippen LogP contribution in [0.4, 0.5) is 0 Å². The van der Waals surface area contributed by atoms with E-state index in [0.29, 0.717) is 12.6 Å². The summed E-state index contributed by atoms with van der Waals surface area (Å²) in [7, 11) is 1.69. The van der Waals surface area contributed by atoms with E-state index in [4.69, 9.17) is 9.73 Å². The summed E-state index contributed by atoms with van der Waals surface area (Å²) in [5, 5.41) is 9.22. The molecule has 0 unspecified atom stereocenters. The molecule has 0 aromatic heterocycles. The first-order valence-corrected chi connectivity index (χ1v) is 8.55. The summed E-state index contributed by atoms with van der Waals surface area (Å²) in [6.45, 7) is 3.62. The Morgan fingerprint density at radius 3 is 2.62 bits per heavy atom. The highest BCUT2D eigenvalue weighted by molar-refractivity contribution is 5.84. The van der Waals surface area contributed by atoms with E-state index in [9.17, 15) is 0 Å². The van der Waals surface area contributed by atoms with Crippen LogP contribution in [0.2, 0.25) is 0 Å². The van der Waals surface area contributed by atoms with Crippen molar-refractivity contribution in [2.45, 2.75) is 32.4 Å². The summed E-state index contributed by atoms with van der Waals surface area (Å²) in [5.74, 6) is 1.78. The molecule has 0 heterocycles. The fraction of sp³-hybridized carbons (Fsp3) is 0.350. The molecule has 4 nitrogen and oxygen atoms in total. The highest BCUT2D eigenvalue weighted by atomic mass is 16.5. The molecule has 0 saturated carbocycles. The number of hydrogen-bond acceptors (Lipinski definition) is 2. The van der Waals surface area contributed by atoms with E-state index < -0.39 is 0 Å². The Balaban J connectivity index is 1.71. The molecule has 0 fully saturated rings. The number of hydrogen-bond donors (Lipinski definition) is 2. The molecule has 0 bridgehead atoms. The monoisotopic (exact) mass is 323 g/mol.